The average Bonchev–Trinajstić information content (AvgIpc) is 3.23. The van der Waals surface area contributed by atoms with Crippen LogP contribution in [0.25, 0.3) is 0 Å². The van der Waals surface area contributed by atoms with E-state index in [9.17, 15) is 0 Å². The number of nitrogens with zero attached hydrogens (tertiary/aromatic N) is 2. The molecule has 24 heavy (non-hydrogen) atoms. The number of thiophene rings is 1. The summed E-state index contributed by atoms with van der Waals surface area (Å²) in [7, 11) is 0. The number of hydrogen-bond acceptors (Lipinski definition) is 3. The van der Waals surface area contributed by atoms with Gasteiger partial charge < -0.3 is 10.6 Å². The molecule has 2 aliphatic rings. The van der Waals surface area contributed by atoms with Gasteiger partial charge in [-0.1, -0.05) is 12.2 Å². The molecule has 0 saturated carbocycles. The van der Waals surface area contributed by atoms with E-state index in [0.717, 1.165) is 45.0 Å². The van der Waals surface area contributed by atoms with Crippen LogP contribution in [0, 0.1) is 0 Å². The Morgan fingerprint density at radius 1 is 1.42 bits per heavy atom. The first-order chi connectivity index (χ1) is 11.3. The Bertz CT molecular complexity index is 561. The molecule has 1 aliphatic carbocycles. The maximum atomic E-state index is 4.82. The summed E-state index contributed by atoms with van der Waals surface area (Å²) in [6, 6.07) is 3.26. The van der Waals surface area contributed by atoms with Crippen LogP contribution in [0.4, 0.5) is 0 Å². The van der Waals surface area contributed by atoms with Crippen molar-refractivity contribution in [3.05, 3.63) is 34.0 Å². The Morgan fingerprint density at radius 2 is 2.21 bits per heavy atom. The van der Waals surface area contributed by atoms with E-state index in [1.165, 1.54) is 12.0 Å². The van der Waals surface area contributed by atoms with E-state index in [-0.39, 0.29) is 24.0 Å². The largest absolute Gasteiger partial charge is 0.357 e. The molecule has 1 unspecified atom stereocenters. The number of aliphatic imine (C=N–C) groups is 1. The van der Waals surface area contributed by atoms with E-state index < -0.39 is 0 Å². The summed E-state index contributed by atoms with van der Waals surface area (Å²) < 4.78 is 0. The number of guanidine groups is 1. The van der Waals surface area contributed by atoms with Crippen LogP contribution in [0.5, 0.6) is 0 Å². The molecule has 4 nitrogen and oxygen atoms in total. The van der Waals surface area contributed by atoms with Crippen molar-refractivity contribution < 1.29 is 0 Å². The molecule has 0 saturated heterocycles. The van der Waals surface area contributed by atoms with Crippen LogP contribution in [0.2, 0.25) is 0 Å². The minimum Gasteiger partial charge on any atom is -0.357 e. The summed E-state index contributed by atoms with van der Waals surface area (Å²) in [4.78, 5) is 8.95. The number of hydrogen-bond donors (Lipinski definition) is 2. The number of halogens is 1. The summed E-state index contributed by atoms with van der Waals surface area (Å²) >= 11 is 1.90. The molecule has 3 rings (SSSR count). The van der Waals surface area contributed by atoms with Crippen LogP contribution in [0.15, 0.2) is 28.6 Å². The van der Waals surface area contributed by atoms with Crippen molar-refractivity contribution in [1.29, 1.82) is 0 Å². The van der Waals surface area contributed by atoms with Crippen LogP contribution >= 0.6 is 35.3 Å². The van der Waals surface area contributed by atoms with Crippen LogP contribution < -0.4 is 10.6 Å². The van der Waals surface area contributed by atoms with Crippen LogP contribution in [0.1, 0.15) is 37.1 Å². The van der Waals surface area contributed by atoms with Gasteiger partial charge in [-0.3, -0.25) is 9.89 Å². The van der Waals surface area contributed by atoms with Crippen LogP contribution in [-0.2, 0) is 13.0 Å². The molecule has 0 aromatic carbocycles. The van der Waals surface area contributed by atoms with Gasteiger partial charge in [0.15, 0.2) is 5.96 Å². The molecule has 0 bridgehead atoms. The highest BCUT2D eigenvalue weighted by Gasteiger charge is 2.21. The van der Waals surface area contributed by atoms with E-state index in [0.29, 0.717) is 12.1 Å². The lowest BCUT2D eigenvalue weighted by Gasteiger charge is -2.31. The van der Waals surface area contributed by atoms with Crippen molar-refractivity contribution in [1.82, 2.24) is 15.5 Å². The van der Waals surface area contributed by atoms with E-state index in [1.807, 2.05) is 11.3 Å². The summed E-state index contributed by atoms with van der Waals surface area (Å²) in [5, 5.41) is 9.14. The number of nitrogens with one attached hydrogen (secondary N) is 2. The third-order valence-corrected chi connectivity index (χ3v) is 5.69. The molecule has 2 N–H and O–H groups in total. The second kappa shape index (κ2) is 9.77. The van der Waals surface area contributed by atoms with Gasteiger partial charge in [0.25, 0.3) is 0 Å². The summed E-state index contributed by atoms with van der Waals surface area (Å²) in [5.74, 6) is 0.960. The van der Waals surface area contributed by atoms with Crippen molar-refractivity contribution in [3.8, 4) is 0 Å². The molecule has 1 atom stereocenters. The van der Waals surface area contributed by atoms with Crippen molar-refractivity contribution in [2.75, 3.05) is 19.6 Å². The van der Waals surface area contributed by atoms with Gasteiger partial charge in [0, 0.05) is 36.6 Å². The fraction of sp³-hybridized carbons (Fsp3) is 0.611. The average molecular weight is 460 g/mol. The minimum absolute atomic E-state index is 0. The topological polar surface area (TPSA) is 39.7 Å². The molecule has 0 amide bonds. The van der Waals surface area contributed by atoms with E-state index in [2.05, 4.69) is 53.0 Å². The highest BCUT2D eigenvalue weighted by Crippen LogP contribution is 2.25. The van der Waals surface area contributed by atoms with Crippen molar-refractivity contribution in [2.24, 2.45) is 4.99 Å². The minimum atomic E-state index is 0. The molecule has 1 aliphatic heterocycles. The molecule has 0 spiro atoms. The highest BCUT2D eigenvalue weighted by molar-refractivity contribution is 14.0. The molecule has 0 radical (unpaired) electrons. The SMILES string of the molecule is CCNC(=NCC(C)N1CCc2sccc2C1)NC1CC=CC1.I. The number of rotatable bonds is 5. The zero-order valence-corrected chi connectivity index (χ0v) is 17.8. The van der Waals surface area contributed by atoms with Gasteiger partial charge in [-0.15, -0.1) is 35.3 Å². The predicted octanol–water partition coefficient (Wildman–Crippen LogP) is 3.39. The van der Waals surface area contributed by atoms with Crippen molar-refractivity contribution in [2.45, 2.75) is 51.7 Å². The normalized spacial score (nSPS) is 19.7. The van der Waals surface area contributed by atoms with Gasteiger partial charge in [0.1, 0.15) is 0 Å². The molecule has 6 heteroatoms. The van der Waals surface area contributed by atoms with Crippen LogP contribution in [-0.4, -0.2) is 42.6 Å². The fourth-order valence-corrected chi connectivity index (χ4v) is 4.12. The smallest absolute Gasteiger partial charge is 0.191 e. The highest BCUT2D eigenvalue weighted by atomic mass is 127. The van der Waals surface area contributed by atoms with E-state index >= 15 is 0 Å². The Hall–Kier alpha value is -0.600. The number of fused-ring (bicyclic) bond motifs is 1. The Morgan fingerprint density at radius 3 is 2.96 bits per heavy atom. The van der Waals surface area contributed by atoms with Gasteiger partial charge in [0.2, 0.25) is 0 Å². The van der Waals surface area contributed by atoms with Gasteiger partial charge in [-0.25, -0.2) is 0 Å². The van der Waals surface area contributed by atoms with Gasteiger partial charge in [0.05, 0.1) is 6.54 Å². The van der Waals surface area contributed by atoms with E-state index in [1.54, 1.807) is 4.88 Å². The molecule has 0 fully saturated rings. The summed E-state index contributed by atoms with van der Waals surface area (Å²) in [6.45, 7) is 8.39. The second-order valence-corrected chi connectivity index (χ2v) is 7.44. The quantitative estimate of drug-likeness (QED) is 0.306. The Labute approximate surface area is 166 Å². The van der Waals surface area contributed by atoms with Gasteiger partial charge >= 0.3 is 0 Å². The third kappa shape index (κ3) is 5.20. The summed E-state index contributed by atoms with van der Waals surface area (Å²) in [6.07, 6.45) is 7.89. The lowest BCUT2D eigenvalue weighted by atomic mass is 10.1. The molecular formula is C18H29IN4S. The molecular weight excluding hydrogens is 431 g/mol. The first-order valence-corrected chi connectivity index (χ1v) is 9.63. The summed E-state index contributed by atoms with van der Waals surface area (Å²) in [5.41, 5.74) is 1.51. The predicted molar refractivity (Wildman–Crippen MR) is 115 cm³/mol. The fourth-order valence-electron chi connectivity index (χ4n) is 3.23. The second-order valence-electron chi connectivity index (χ2n) is 6.44. The van der Waals surface area contributed by atoms with Gasteiger partial charge in [-0.2, -0.15) is 0 Å². The maximum absolute atomic E-state index is 4.82. The Balaban J connectivity index is 0.00000208. The standard InChI is InChI=1S/C18H28N4S.HI/c1-3-19-18(21-16-6-4-5-7-16)20-12-14(2)22-10-8-17-15(13-22)9-11-23-17;/h4-5,9,11,14,16H,3,6-8,10,12-13H2,1-2H3,(H2,19,20,21);1H. The Kier molecular flexibility index (Phi) is 8.03. The van der Waals surface area contributed by atoms with Crippen LogP contribution in [0.3, 0.4) is 0 Å². The van der Waals surface area contributed by atoms with Crippen molar-refractivity contribution in [3.63, 3.8) is 0 Å². The first kappa shape index (κ1) is 19.7. The molecule has 1 aromatic rings. The monoisotopic (exact) mass is 460 g/mol. The zero-order chi connectivity index (χ0) is 16.1. The third-order valence-electron chi connectivity index (χ3n) is 4.67. The zero-order valence-electron chi connectivity index (χ0n) is 14.6. The maximum Gasteiger partial charge on any atom is 0.191 e. The van der Waals surface area contributed by atoms with Gasteiger partial charge in [-0.05, 0) is 50.1 Å². The first-order valence-electron chi connectivity index (χ1n) is 8.75. The lowest BCUT2D eigenvalue weighted by Crippen LogP contribution is -2.44. The van der Waals surface area contributed by atoms with Crippen molar-refractivity contribution >= 4 is 41.3 Å². The molecule has 134 valence electrons. The molecule has 1 aromatic heterocycles. The molecule has 2 heterocycles. The lowest BCUT2D eigenvalue weighted by molar-refractivity contribution is 0.197. The van der Waals surface area contributed by atoms with E-state index in [4.69, 9.17) is 4.99 Å².